The van der Waals surface area contributed by atoms with Crippen LogP contribution in [-0.2, 0) is 22.7 Å². The van der Waals surface area contributed by atoms with E-state index in [1.54, 1.807) is 9.13 Å². The molecule has 2 aromatic carbocycles. The van der Waals surface area contributed by atoms with Crippen LogP contribution in [0.1, 0.15) is 0 Å². The van der Waals surface area contributed by atoms with Crippen LogP contribution in [0.15, 0.2) is 60.7 Å². The van der Waals surface area contributed by atoms with E-state index in [0.717, 1.165) is 20.8 Å². The molecule has 0 unspecified atom stereocenters. The molecule has 154 valence electrons. The van der Waals surface area contributed by atoms with Crippen molar-refractivity contribution in [3.8, 4) is 21.4 Å². The second kappa shape index (κ2) is 7.37. The molecule has 0 saturated heterocycles. The standard InChI is InChI=1S/C22H16N4O4S/c27-19(28)11-25-15-7-3-1-5-13(15)23-21(25)17-9-10-18(31-17)22-24-14-6-2-4-8-16(14)26(22)12-20(29)30/h1-10H,11-12H2,(H,27,28)(H,29,30). The number of thiophene rings is 1. The maximum Gasteiger partial charge on any atom is 0.323 e. The molecule has 5 aromatic rings. The first-order chi connectivity index (χ1) is 15.0. The molecule has 3 heterocycles. The second-order valence-corrected chi connectivity index (χ2v) is 8.06. The van der Waals surface area contributed by atoms with Gasteiger partial charge in [0.05, 0.1) is 31.8 Å². The van der Waals surface area contributed by atoms with Crippen molar-refractivity contribution < 1.29 is 19.8 Å². The van der Waals surface area contributed by atoms with E-state index < -0.39 is 11.9 Å². The van der Waals surface area contributed by atoms with Gasteiger partial charge in [-0.2, -0.15) is 0 Å². The zero-order valence-corrected chi connectivity index (χ0v) is 16.9. The summed E-state index contributed by atoms with van der Waals surface area (Å²) in [6.07, 6.45) is 0. The second-order valence-electron chi connectivity index (χ2n) is 6.97. The van der Waals surface area contributed by atoms with Crippen LogP contribution in [0.3, 0.4) is 0 Å². The van der Waals surface area contributed by atoms with Crippen molar-refractivity contribution >= 4 is 45.3 Å². The summed E-state index contributed by atoms with van der Waals surface area (Å²) in [4.78, 5) is 33.8. The summed E-state index contributed by atoms with van der Waals surface area (Å²) in [5.41, 5.74) is 2.92. The van der Waals surface area contributed by atoms with Gasteiger partial charge in [-0.1, -0.05) is 24.3 Å². The molecular formula is C22H16N4O4S. The Morgan fingerprint density at radius 3 is 1.55 bits per heavy atom. The van der Waals surface area contributed by atoms with E-state index in [1.165, 1.54) is 11.3 Å². The summed E-state index contributed by atoms with van der Waals surface area (Å²) in [6, 6.07) is 18.5. The van der Waals surface area contributed by atoms with Gasteiger partial charge in [0.15, 0.2) is 11.6 Å². The molecule has 0 bridgehead atoms. The highest BCUT2D eigenvalue weighted by Crippen LogP contribution is 2.36. The Hall–Kier alpha value is -3.98. The van der Waals surface area contributed by atoms with Crippen LogP contribution in [0, 0.1) is 0 Å². The number of rotatable bonds is 6. The molecule has 9 heteroatoms. The molecule has 3 aromatic heterocycles. The SMILES string of the molecule is O=C(O)Cn1c(-c2ccc(-c3nc4ccccc4n3CC(=O)O)s2)nc2ccccc21. The molecule has 0 amide bonds. The number of carbonyl (C=O) groups is 2. The topological polar surface area (TPSA) is 110 Å². The van der Waals surface area contributed by atoms with Gasteiger partial charge >= 0.3 is 11.9 Å². The third-order valence-electron chi connectivity index (χ3n) is 4.94. The van der Waals surface area contributed by atoms with Crippen LogP contribution in [0.2, 0.25) is 0 Å². The normalized spacial score (nSPS) is 11.4. The number of carboxylic acids is 2. The van der Waals surface area contributed by atoms with E-state index in [2.05, 4.69) is 9.97 Å². The van der Waals surface area contributed by atoms with E-state index in [4.69, 9.17) is 0 Å². The van der Waals surface area contributed by atoms with E-state index >= 15 is 0 Å². The van der Waals surface area contributed by atoms with Crippen molar-refractivity contribution in [2.24, 2.45) is 0 Å². The maximum atomic E-state index is 11.5. The van der Waals surface area contributed by atoms with Gasteiger partial charge in [-0.15, -0.1) is 11.3 Å². The smallest absolute Gasteiger partial charge is 0.323 e. The number of benzene rings is 2. The van der Waals surface area contributed by atoms with E-state index in [9.17, 15) is 19.8 Å². The minimum Gasteiger partial charge on any atom is -0.480 e. The monoisotopic (exact) mass is 432 g/mol. The Kier molecular flexibility index (Phi) is 4.52. The first-order valence-electron chi connectivity index (χ1n) is 9.46. The molecule has 0 radical (unpaired) electrons. The highest BCUT2D eigenvalue weighted by Gasteiger charge is 2.20. The highest BCUT2D eigenvalue weighted by atomic mass is 32.1. The maximum absolute atomic E-state index is 11.5. The van der Waals surface area contributed by atoms with Crippen molar-refractivity contribution in [1.82, 2.24) is 19.1 Å². The third kappa shape index (κ3) is 3.34. The van der Waals surface area contributed by atoms with Crippen LogP contribution < -0.4 is 0 Å². The summed E-state index contributed by atoms with van der Waals surface area (Å²) in [5.74, 6) is -0.796. The zero-order chi connectivity index (χ0) is 21.5. The first-order valence-corrected chi connectivity index (χ1v) is 10.3. The molecule has 0 aliphatic heterocycles. The summed E-state index contributed by atoms with van der Waals surface area (Å²) in [6.45, 7) is -0.415. The molecule has 0 spiro atoms. The fraction of sp³-hybridized carbons (Fsp3) is 0.0909. The Balaban J connectivity index is 1.65. The minimum absolute atomic E-state index is 0.208. The van der Waals surface area contributed by atoms with E-state index in [0.29, 0.717) is 22.7 Å². The van der Waals surface area contributed by atoms with E-state index in [1.807, 2.05) is 60.7 Å². The number of hydrogen-bond acceptors (Lipinski definition) is 5. The van der Waals surface area contributed by atoms with E-state index in [-0.39, 0.29) is 13.1 Å². The summed E-state index contributed by atoms with van der Waals surface area (Å²) in [5, 5.41) is 18.8. The molecule has 0 fully saturated rings. The summed E-state index contributed by atoms with van der Waals surface area (Å²) >= 11 is 1.40. The number of carboxylic acid groups (broad SMARTS) is 2. The number of hydrogen-bond donors (Lipinski definition) is 2. The Bertz CT molecular complexity index is 1350. The Labute approximate surface area is 179 Å². The molecular weight excluding hydrogens is 416 g/mol. The molecule has 0 saturated carbocycles. The molecule has 8 nitrogen and oxygen atoms in total. The minimum atomic E-state index is -0.954. The van der Waals surface area contributed by atoms with Crippen molar-refractivity contribution in [2.75, 3.05) is 0 Å². The van der Waals surface area contributed by atoms with Gasteiger partial charge in [-0.25, -0.2) is 9.97 Å². The van der Waals surface area contributed by atoms with Gasteiger partial charge in [0.2, 0.25) is 0 Å². The Morgan fingerprint density at radius 2 is 1.13 bits per heavy atom. The average Bonchev–Trinajstić information content (AvgIpc) is 3.44. The lowest BCUT2D eigenvalue weighted by Gasteiger charge is -2.05. The van der Waals surface area contributed by atoms with Crippen LogP contribution in [0.5, 0.6) is 0 Å². The van der Waals surface area contributed by atoms with Crippen molar-refractivity contribution in [2.45, 2.75) is 13.1 Å². The third-order valence-corrected chi connectivity index (χ3v) is 6.02. The van der Waals surface area contributed by atoms with Crippen molar-refractivity contribution in [1.29, 1.82) is 0 Å². The predicted molar refractivity (Wildman–Crippen MR) is 117 cm³/mol. The summed E-state index contributed by atoms with van der Waals surface area (Å²) in [7, 11) is 0. The molecule has 31 heavy (non-hydrogen) atoms. The largest absolute Gasteiger partial charge is 0.480 e. The van der Waals surface area contributed by atoms with Crippen LogP contribution >= 0.6 is 11.3 Å². The molecule has 0 atom stereocenters. The van der Waals surface area contributed by atoms with Gasteiger partial charge in [0, 0.05) is 0 Å². The number of para-hydroxylation sites is 4. The lowest BCUT2D eigenvalue weighted by molar-refractivity contribution is -0.138. The molecule has 5 rings (SSSR count). The van der Waals surface area contributed by atoms with Gasteiger partial charge in [-0.05, 0) is 36.4 Å². The average molecular weight is 432 g/mol. The van der Waals surface area contributed by atoms with Crippen molar-refractivity contribution in [3.63, 3.8) is 0 Å². The summed E-state index contributed by atoms with van der Waals surface area (Å²) < 4.78 is 3.35. The van der Waals surface area contributed by atoms with Gasteiger partial charge < -0.3 is 19.3 Å². The Morgan fingerprint density at radius 1 is 0.710 bits per heavy atom. The van der Waals surface area contributed by atoms with Gasteiger partial charge in [0.1, 0.15) is 13.1 Å². The number of fused-ring (bicyclic) bond motifs is 2. The zero-order valence-electron chi connectivity index (χ0n) is 16.1. The number of nitrogens with zero attached hydrogens (tertiary/aromatic N) is 4. The quantitative estimate of drug-likeness (QED) is 0.420. The molecule has 0 aliphatic carbocycles. The lowest BCUT2D eigenvalue weighted by Crippen LogP contribution is -2.09. The number of aromatic nitrogens is 4. The fourth-order valence-electron chi connectivity index (χ4n) is 3.70. The van der Waals surface area contributed by atoms with Gasteiger partial charge in [0.25, 0.3) is 0 Å². The fourth-order valence-corrected chi connectivity index (χ4v) is 4.70. The number of aliphatic carboxylic acids is 2. The van der Waals surface area contributed by atoms with Crippen LogP contribution in [-0.4, -0.2) is 41.3 Å². The lowest BCUT2D eigenvalue weighted by atomic mass is 10.3. The molecule has 2 N–H and O–H groups in total. The van der Waals surface area contributed by atoms with Crippen LogP contribution in [0.4, 0.5) is 0 Å². The van der Waals surface area contributed by atoms with Crippen molar-refractivity contribution in [3.05, 3.63) is 60.7 Å². The van der Waals surface area contributed by atoms with Gasteiger partial charge in [-0.3, -0.25) is 9.59 Å². The highest BCUT2D eigenvalue weighted by molar-refractivity contribution is 7.18. The first kappa shape index (κ1) is 19.0. The predicted octanol–water partition coefficient (Wildman–Crippen LogP) is 3.95. The van der Waals surface area contributed by atoms with Crippen LogP contribution in [0.25, 0.3) is 43.5 Å². The molecule has 0 aliphatic rings. The number of imidazole rings is 2.